The van der Waals surface area contributed by atoms with Crippen LogP contribution in [-0.2, 0) is 20.0 Å². The molecule has 2 saturated heterocycles. The number of sulfonamides is 2. The molecule has 2 heterocycles. The van der Waals surface area contributed by atoms with E-state index in [1.165, 1.54) is 32.8 Å². The minimum Gasteiger partial charge on any atom is -0.490 e. The van der Waals surface area contributed by atoms with E-state index in [1.807, 2.05) is 0 Å². The third-order valence-corrected chi connectivity index (χ3v) is 9.78. The van der Waals surface area contributed by atoms with Crippen molar-refractivity contribution in [1.82, 2.24) is 9.21 Å². The van der Waals surface area contributed by atoms with Crippen molar-refractivity contribution in [2.24, 2.45) is 0 Å². The van der Waals surface area contributed by atoms with Crippen LogP contribution in [0.1, 0.15) is 16.8 Å². The Morgan fingerprint density at radius 1 is 1.03 bits per heavy atom. The Kier molecular flexibility index (Phi) is 6.71. The quantitative estimate of drug-likeness (QED) is 0.406. The Bertz CT molecular complexity index is 1350. The van der Waals surface area contributed by atoms with Crippen LogP contribution in [-0.4, -0.2) is 82.5 Å². The van der Waals surface area contributed by atoms with Gasteiger partial charge in [-0.2, -0.15) is 4.31 Å². The number of hydrogen-bond donors (Lipinski definition) is 0. The first-order valence-corrected chi connectivity index (χ1v) is 13.8. The Hall–Kier alpha value is -3.23. The summed E-state index contributed by atoms with van der Waals surface area (Å²) >= 11 is 0. The molecule has 0 saturated carbocycles. The summed E-state index contributed by atoms with van der Waals surface area (Å²) in [5.74, 6) is -0.235. The summed E-state index contributed by atoms with van der Waals surface area (Å²) in [6.45, 7) is 0.733. The Morgan fingerprint density at radius 2 is 1.69 bits per heavy atom. The number of carbonyl (C=O) groups excluding carboxylic acids is 1. The molecule has 2 aliphatic heterocycles. The van der Waals surface area contributed by atoms with E-state index in [2.05, 4.69) is 0 Å². The smallest absolute Gasteiger partial charge is 0.312 e. The number of nitro benzene ring substituents is 1. The minimum atomic E-state index is -4.01. The average Bonchev–Trinajstić information content (AvgIpc) is 3.22. The Labute approximate surface area is 202 Å². The lowest BCUT2D eigenvalue weighted by Gasteiger charge is -2.34. The molecule has 2 fully saturated rings. The SMILES string of the molecule is COc1ccc(S(=O)(=O)N2CCN(C(=O)c3ccc(N4CCCS4(=O)=O)cc3)CC2)cc1[N+](=O)[O-]. The zero-order valence-electron chi connectivity index (χ0n) is 18.9. The second-order valence-electron chi connectivity index (χ2n) is 8.08. The molecule has 4 rings (SSSR count). The number of nitrogens with zero attached hydrogens (tertiary/aromatic N) is 4. The summed E-state index contributed by atoms with van der Waals surface area (Å²) in [4.78, 5) is 24.8. The number of benzene rings is 2. The first-order valence-electron chi connectivity index (χ1n) is 10.8. The van der Waals surface area contributed by atoms with Crippen LogP contribution < -0.4 is 9.04 Å². The fraction of sp³-hybridized carbons (Fsp3) is 0.381. The van der Waals surface area contributed by atoms with Crippen LogP contribution in [0.4, 0.5) is 11.4 Å². The maximum absolute atomic E-state index is 13.0. The van der Waals surface area contributed by atoms with Crippen LogP contribution in [0.2, 0.25) is 0 Å². The number of hydrogen-bond acceptors (Lipinski definition) is 8. The number of piperazine rings is 1. The summed E-state index contributed by atoms with van der Waals surface area (Å²) in [7, 11) is -6.07. The standard InChI is InChI=1S/C21H24N4O8S2/c1-33-20-8-7-18(15-19(20)25(27)28)35(31,32)23-12-10-22(11-13-23)21(26)16-3-5-17(6-4-16)24-9-2-14-34(24,29)30/h3-8,15H,2,9-14H2,1H3. The van der Waals surface area contributed by atoms with Gasteiger partial charge in [-0.25, -0.2) is 16.8 Å². The van der Waals surface area contributed by atoms with Crippen LogP contribution in [0.3, 0.4) is 0 Å². The number of ether oxygens (including phenoxy) is 1. The molecule has 0 unspecified atom stereocenters. The summed E-state index contributed by atoms with van der Waals surface area (Å²) < 4.78 is 57.7. The predicted molar refractivity (Wildman–Crippen MR) is 127 cm³/mol. The number of nitro groups is 1. The van der Waals surface area contributed by atoms with Crippen LogP contribution in [0, 0.1) is 10.1 Å². The third kappa shape index (κ3) is 4.81. The fourth-order valence-corrected chi connectivity index (χ4v) is 7.14. The predicted octanol–water partition coefficient (Wildman–Crippen LogP) is 1.29. The van der Waals surface area contributed by atoms with Gasteiger partial charge in [0, 0.05) is 44.4 Å². The highest BCUT2D eigenvalue weighted by atomic mass is 32.2. The van der Waals surface area contributed by atoms with Crippen molar-refractivity contribution in [3.63, 3.8) is 0 Å². The highest BCUT2D eigenvalue weighted by molar-refractivity contribution is 7.93. The zero-order chi connectivity index (χ0) is 25.4. The Morgan fingerprint density at radius 3 is 2.23 bits per heavy atom. The molecule has 2 aliphatic rings. The lowest BCUT2D eigenvalue weighted by molar-refractivity contribution is -0.386. The molecule has 0 aliphatic carbocycles. The molecule has 188 valence electrons. The van der Waals surface area contributed by atoms with Gasteiger partial charge < -0.3 is 9.64 Å². The average molecular weight is 525 g/mol. The molecule has 0 atom stereocenters. The number of amides is 1. The third-order valence-electron chi connectivity index (χ3n) is 6.01. The molecule has 0 bridgehead atoms. The maximum atomic E-state index is 13.0. The first kappa shape index (κ1) is 24.9. The van der Waals surface area contributed by atoms with E-state index in [0.29, 0.717) is 24.2 Å². The molecule has 0 spiro atoms. The molecule has 1 amide bonds. The summed E-state index contributed by atoms with van der Waals surface area (Å²) in [5, 5.41) is 11.3. The van der Waals surface area contributed by atoms with Gasteiger partial charge in [0.05, 0.1) is 28.4 Å². The minimum absolute atomic E-state index is 0.0258. The fourth-order valence-electron chi connectivity index (χ4n) is 4.14. The molecule has 2 aromatic rings. The maximum Gasteiger partial charge on any atom is 0.312 e. The largest absolute Gasteiger partial charge is 0.490 e. The molecule has 0 aromatic heterocycles. The van der Waals surface area contributed by atoms with Gasteiger partial charge >= 0.3 is 5.69 Å². The molecule has 12 nitrogen and oxygen atoms in total. The molecule has 35 heavy (non-hydrogen) atoms. The van der Waals surface area contributed by atoms with E-state index in [4.69, 9.17) is 4.74 Å². The van der Waals surface area contributed by atoms with Crippen molar-refractivity contribution in [2.45, 2.75) is 11.3 Å². The van der Waals surface area contributed by atoms with Gasteiger partial charge in [-0.15, -0.1) is 0 Å². The molecule has 2 aromatic carbocycles. The monoisotopic (exact) mass is 524 g/mol. The second kappa shape index (κ2) is 9.43. The van der Waals surface area contributed by atoms with E-state index in [1.54, 1.807) is 24.3 Å². The van der Waals surface area contributed by atoms with E-state index < -0.39 is 30.7 Å². The van der Waals surface area contributed by atoms with Crippen molar-refractivity contribution in [3.8, 4) is 5.75 Å². The molecular weight excluding hydrogens is 500 g/mol. The van der Waals surface area contributed by atoms with E-state index in [9.17, 15) is 31.7 Å². The van der Waals surface area contributed by atoms with E-state index in [0.717, 1.165) is 6.07 Å². The number of methoxy groups -OCH3 is 1. The summed E-state index contributed by atoms with van der Waals surface area (Å²) in [6, 6.07) is 9.76. The molecular formula is C21H24N4O8S2. The highest BCUT2D eigenvalue weighted by Crippen LogP contribution is 2.31. The first-order chi connectivity index (χ1) is 16.5. The lowest BCUT2D eigenvalue weighted by Crippen LogP contribution is -2.50. The second-order valence-corrected chi connectivity index (χ2v) is 12.0. The summed E-state index contributed by atoms with van der Waals surface area (Å²) in [5.41, 5.74) is 0.420. The van der Waals surface area contributed by atoms with Gasteiger partial charge in [-0.1, -0.05) is 0 Å². The van der Waals surface area contributed by atoms with Gasteiger partial charge in [0.25, 0.3) is 5.91 Å². The zero-order valence-corrected chi connectivity index (χ0v) is 20.5. The number of anilines is 1. The topological polar surface area (TPSA) is 147 Å². The van der Waals surface area contributed by atoms with Gasteiger partial charge in [0.15, 0.2) is 5.75 Å². The van der Waals surface area contributed by atoms with Crippen molar-refractivity contribution >= 4 is 37.3 Å². The normalized spacial score (nSPS) is 18.4. The van der Waals surface area contributed by atoms with Crippen molar-refractivity contribution in [1.29, 1.82) is 0 Å². The number of rotatable bonds is 6. The van der Waals surface area contributed by atoms with Gasteiger partial charge in [-0.3, -0.25) is 19.2 Å². The van der Waals surface area contributed by atoms with Crippen molar-refractivity contribution in [3.05, 3.63) is 58.1 Å². The molecule has 14 heteroatoms. The molecule has 0 N–H and O–H groups in total. The van der Waals surface area contributed by atoms with Crippen molar-refractivity contribution < 1.29 is 31.3 Å². The van der Waals surface area contributed by atoms with Crippen LogP contribution in [0.15, 0.2) is 47.4 Å². The number of carbonyl (C=O) groups is 1. The Balaban J connectivity index is 1.43. The lowest BCUT2D eigenvalue weighted by atomic mass is 10.1. The van der Waals surface area contributed by atoms with Gasteiger partial charge in [0.2, 0.25) is 20.0 Å². The summed E-state index contributed by atoms with van der Waals surface area (Å²) in [6.07, 6.45) is 0.556. The highest BCUT2D eigenvalue weighted by Gasteiger charge is 2.33. The van der Waals surface area contributed by atoms with Crippen LogP contribution in [0.5, 0.6) is 5.75 Å². The van der Waals surface area contributed by atoms with E-state index >= 15 is 0 Å². The van der Waals surface area contributed by atoms with Crippen LogP contribution in [0.25, 0.3) is 0 Å². The van der Waals surface area contributed by atoms with Gasteiger partial charge in [-0.05, 0) is 42.8 Å². The van der Waals surface area contributed by atoms with E-state index in [-0.39, 0.29) is 48.5 Å². The van der Waals surface area contributed by atoms with Crippen LogP contribution >= 0.6 is 0 Å². The van der Waals surface area contributed by atoms with Gasteiger partial charge in [0.1, 0.15) is 0 Å². The molecule has 0 radical (unpaired) electrons. The van der Waals surface area contributed by atoms with Crippen molar-refractivity contribution in [2.75, 3.05) is 49.9 Å².